The zero-order valence-electron chi connectivity index (χ0n) is 14.5. The van der Waals surface area contributed by atoms with Gasteiger partial charge in [-0.05, 0) is 49.4 Å². The summed E-state index contributed by atoms with van der Waals surface area (Å²) in [5.41, 5.74) is 0.948. The van der Waals surface area contributed by atoms with Crippen molar-refractivity contribution in [3.8, 4) is 17.6 Å². The lowest BCUT2D eigenvalue weighted by atomic mass is 10.2. The number of hydrogen-bond donors (Lipinski definition) is 1. The Balaban J connectivity index is 1.74. The van der Waals surface area contributed by atoms with Gasteiger partial charge in [-0.1, -0.05) is 11.6 Å². The Morgan fingerprint density at radius 2 is 1.96 bits per heavy atom. The summed E-state index contributed by atoms with van der Waals surface area (Å²) in [6, 6.07) is 14.1. The number of nitrogens with zero attached hydrogens (tertiary/aromatic N) is 1. The summed E-state index contributed by atoms with van der Waals surface area (Å²) >= 11 is 7.46. The van der Waals surface area contributed by atoms with Crippen LogP contribution < -0.4 is 14.8 Å². The Labute approximate surface area is 162 Å². The summed E-state index contributed by atoms with van der Waals surface area (Å²) in [6.07, 6.45) is 0. The van der Waals surface area contributed by atoms with Gasteiger partial charge in [0.25, 0.3) is 0 Å². The Morgan fingerprint density at radius 1 is 1.27 bits per heavy atom. The van der Waals surface area contributed by atoms with Crippen LogP contribution in [0.5, 0.6) is 11.5 Å². The second kappa shape index (κ2) is 9.95. The summed E-state index contributed by atoms with van der Waals surface area (Å²) in [7, 11) is 1.62. The van der Waals surface area contributed by atoms with Crippen molar-refractivity contribution in [1.29, 1.82) is 5.26 Å². The number of methoxy groups -OCH3 is 1. The molecule has 0 heterocycles. The van der Waals surface area contributed by atoms with Gasteiger partial charge < -0.3 is 14.8 Å². The average molecular weight is 391 g/mol. The molecule has 2 aromatic carbocycles. The molecule has 0 bridgehead atoms. The number of carbonyl (C=O) groups excluding carboxylic acids is 1. The Kier molecular flexibility index (Phi) is 7.64. The fraction of sp³-hybridized carbons (Fsp3) is 0.263. The van der Waals surface area contributed by atoms with Gasteiger partial charge in [-0.15, -0.1) is 11.8 Å². The van der Waals surface area contributed by atoms with Crippen LogP contribution in [-0.2, 0) is 4.79 Å². The van der Waals surface area contributed by atoms with Gasteiger partial charge in [0.1, 0.15) is 17.6 Å². The first-order chi connectivity index (χ1) is 12.5. The van der Waals surface area contributed by atoms with Crippen LogP contribution in [0.25, 0.3) is 0 Å². The third kappa shape index (κ3) is 5.87. The number of thioether (sulfide) groups is 1. The summed E-state index contributed by atoms with van der Waals surface area (Å²) < 4.78 is 10.7. The highest BCUT2D eigenvalue weighted by Gasteiger charge is 2.14. The zero-order chi connectivity index (χ0) is 18.9. The minimum atomic E-state index is -0.246. The molecule has 136 valence electrons. The molecule has 0 aliphatic rings. The first-order valence-corrected chi connectivity index (χ1v) is 9.35. The predicted octanol–water partition coefficient (Wildman–Crippen LogP) is 4.36. The standard InChI is InChI=1S/C19H19ClN2O3S/c1-13(19(23)22-15-4-3-14(12-21)18(20)11-15)26-10-9-25-17-7-5-16(24-2)6-8-17/h3-8,11,13H,9-10H2,1-2H3,(H,22,23). The number of ether oxygens (including phenoxy) is 2. The van der Waals surface area contributed by atoms with Crippen LogP contribution >= 0.6 is 23.4 Å². The van der Waals surface area contributed by atoms with E-state index < -0.39 is 0 Å². The van der Waals surface area contributed by atoms with E-state index in [1.807, 2.05) is 37.3 Å². The van der Waals surface area contributed by atoms with E-state index in [0.29, 0.717) is 28.6 Å². The molecular weight excluding hydrogens is 372 g/mol. The Bertz CT molecular complexity index is 790. The van der Waals surface area contributed by atoms with Crippen molar-refractivity contribution in [3.05, 3.63) is 53.1 Å². The van der Waals surface area contributed by atoms with Gasteiger partial charge in [0.05, 0.1) is 29.6 Å². The first-order valence-electron chi connectivity index (χ1n) is 7.92. The molecule has 26 heavy (non-hydrogen) atoms. The molecule has 0 saturated carbocycles. The van der Waals surface area contributed by atoms with Crippen molar-refractivity contribution in [2.24, 2.45) is 0 Å². The van der Waals surface area contributed by atoms with Gasteiger partial charge >= 0.3 is 0 Å². The SMILES string of the molecule is COc1ccc(OCCSC(C)C(=O)Nc2ccc(C#N)c(Cl)c2)cc1. The summed E-state index contributed by atoms with van der Waals surface area (Å²) in [6.45, 7) is 2.33. The smallest absolute Gasteiger partial charge is 0.237 e. The molecule has 5 nitrogen and oxygen atoms in total. The van der Waals surface area contributed by atoms with Crippen LogP contribution in [-0.4, -0.2) is 30.6 Å². The number of rotatable bonds is 8. The fourth-order valence-electron chi connectivity index (χ4n) is 2.06. The molecular formula is C19H19ClN2O3S. The zero-order valence-corrected chi connectivity index (χ0v) is 16.1. The number of hydrogen-bond acceptors (Lipinski definition) is 5. The van der Waals surface area contributed by atoms with Gasteiger partial charge in [0.2, 0.25) is 5.91 Å². The number of benzene rings is 2. The van der Waals surface area contributed by atoms with Crippen LogP contribution in [0.1, 0.15) is 12.5 Å². The first kappa shape index (κ1) is 20.0. The normalized spacial score (nSPS) is 11.3. The average Bonchev–Trinajstić information content (AvgIpc) is 2.65. The molecule has 0 aliphatic heterocycles. The summed E-state index contributed by atoms with van der Waals surface area (Å²) in [5.74, 6) is 2.09. The molecule has 0 saturated heterocycles. The number of anilines is 1. The van der Waals surface area contributed by atoms with Crippen molar-refractivity contribution in [3.63, 3.8) is 0 Å². The molecule has 0 fully saturated rings. The number of amides is 1. The molecule has 0 spiro atoms. The van der Waals surface area contributed by atoms with E-state index in [1.165, 1.54) is 11.8 Å². The van der Waals surface area contributed by atoms with Crippen LogP contribution in [0.15, 0.2) is 42.5 Å². The number of carbonyl (C=O) groups is 1. The van der Waals surface area contributed by atoms with Gasteiger partial charge in [0, 0.05) is 11.4 Å². The summed E-state index contributed by atoms with van der Waals surface area (Å²) in [5, 5.41) is 11.7. The van der Waals surface area contributed by atoms with E-state index in [0.717, 1.165) is 11.5 Å². The molecule has 0 aliphatic carbocycles. The van der Waals surface area contributed by atoms with Crippen LogP contribution in [0, 0.1) is 11.3 Å². The molecule has 2 aromatic rings. The molecule has 1 amide bonds. The highest BCUT2D eigenvalue weighted by molar-refractivity contribution is 8.00. The third-order valence-electron chi connectivity index (χ3n) is 3.51. The second-order valence-electron chi connectivity index (χ2n) is 5.33. The highest BCUT2D eigenvalue weighted by atomic mass is 35.5. The molecule has 1 unspecified atom stereocenters. The van der Waals surface area contributed by atoms with Crippen LogP contribution in [0.2, 0.25) is 5.02 Å². The molecule has 2 rings (SSSR count). The molecule has 7 heteroatoms. The van der Waals surface area contributed by atoms with Gasteiger partial charge in [0.15, 0.2) is 0 Å². The second-order valence-corrected chi connectivity index (χ2v) is 7.19. The maximum Gasteiger partial charge on any atom is 0.237 e. The highest BCUT2D eigenvalue weighted by Crippen LogP contribution is 2.22. The van der Waals surface area contributed by atoms with Gasteiger partial charge in [-0.25, -0.2) is 0 Å². The predicted molar refractivity (Wildman–Crippen MR) is 105 cm³/mol. The van der Waals surface area contributed by atoms with E-state index >= 15 is 0 Å². The third-order valence-corrected chi connectivity index (χ3v) is 4.93. The van der Waals surface area contributed by atoms with E-state index in [9.17, 15) is 4.79 Å². The minimum Gasteiger partial charge on any atom is -0.497 e. The van der Waals surface area contributed by atoms with E-state index in [2.05, 4.69) is 5.32 Å². The van der Waals surface area contributed by atoms with Crippen molar-refractivity contribution in [2.45, 2.75) is 12.2 Å². The maximum atomic E-state index is 12.2. The lowest BCUT2D eigenvalue weighted by Gasteiger charge is -2.13. The topological polar surface area (TPSA) is 71.3 Å². The monoisotopic (exact) mass is 390 g/mol. The van der Waals surface area contributed by atoms with Gasteiger partial charge in [-0.3, -0.25) is 4.79 Å². The molecule has 0 aromatic heterocycles. The van der Waals surface area contributed by atoms with Crippen LogP contribution in [0.3, 0.4) is 0 Å². The van der Waals surface area contributed by atoms with E-state index in [4.69, 9.17) is 26.3 Å². The maximum absolute atomic E-state index is 12.2. The summed E-state index contributed by atoms with van der Waals surface area (Å²) in [4.78, 5) is 12.2. The molecule has 1 atom stereocenters. The van der Waals surface area contributed by atoms with Gasteiger partial charge in [-0.2, -0.15) is 5.26 Å². The number of halogens is 1. The largest absolute Gasteiger partial charge is 0.497 e. The van der Waals surface area contributed by atoms with Crippen molar-refractivity contribution >= 4 is 35.0 Å². The molecule has 1 N–H and O–H groups in total. The van der Waals surface area contributed by atoms with E-state index in [-0.39, 0.29) is 11.2 Å². The fourth-order valence-corrected chi connectivity index (χ4v) is 3.03. The van der Waals surface area contributed by atoms with E-state index in [1.54, 1.807) is 25.3 Å². The quantitative estimate of drug-likeness (QED) is 0.678. The lowest BCUT2D eigenvalue weighted by molar-refractivity contribution is -0.115. The van der Waals surface area contributed by atoms with Crippen LogP contribution in [0.4, 0.5) is 5.69 Å². The lowest BCUT2D eigenvalue weighted by Crippen LogP contribution is -2.23. The number of nitrogens with one attached hydrogen (secondary N) is 1. The van der Waals surface area contributed by atoms with Crippen molar-refractivity contribution in [1.82, 2.24) is 0 Å². The Morgan fingerprint density at radius 3 is 2.58 bits per heavy atom. The van der Waals surface area contributed by atoms with Crippen molar-refractivity contribution in [2.75, 3.05) is 24.8 Å². The Hall–Kier alpha value is -2.36. The number of nitriles is 1. The van der Waals surface area contributed by atoms with Crippen molar-refractivity contribution < 1.29 is 14.3 Å². The molecule has 0 radical (unpaired) electrons. The minimum absolute atomic E-state index is 0.125.